The molecule has 4 heterocycles. The fourth-order valence-electron chi connectivity index (χ4n) is 2.95. The summed E-state index contributed by atoms with van der Waals surface area (Å²) in [6, 6.07) is 4.06. The number of anilines is 1. The molecule has 2 fully saturated rings. The van der Waals surface area contributed by atoms with Gasteiger partial charge in [0.15, 0.2) is 5.65 Å². The molecule has 100 valence electrons. The van der Waals surface area contributed by atoms with Gasteiger partial charge in [0.2, 0.25) is 5.28 Å². The zero-order valence-electron chi connectivity index (χ0n) is 10.5. The minimum absolute atomic E-state index is 0.293. The molecule has 0 aliphatic carbocycles. The van der Waals surface area contributed by atoms with E-state index in [0.717, 1.165) is 32.0 Å². The Morgan fingerprint density at radius 2 is 2.00 bits per heavy atom. The van der Waals surface area contributed by atoms with E-state index < -0.39 is 0 Å². The lowest BCUT2D eigenvalue weighted by Crippen LogP contribution is -2.51. The minimum atomic E-state index is 0.293. The zero-order chi connectivity index (χ0) is 12.9. The van der Waals surface area contributed by atoms with Gasteiger partial charge in [-0.25, -0.2) is 4.52 Å². The van der Waals surface area contributed by atoms with Crippen LogP contribution in [0, 0.1) is 5.41 Å². The van der Waals surface area contributed by atoms with Crippen molar-refractivity contribution in [3.05, 3.63) is 23.6 Å². The van der Waals surface area contributed by atoms with Crippen LogP contribution >= 0.6 is 11.6 Å². The molecule has 0 aromatic carbocycles. The van der Waals surface area contributed by atoms with Gasteiger partial charge in [-0.1, -0.05) is 0 Å². The van der Waals surface area contributed by atoms with Crippen molar-refractivity contribution in [1.29, 1.82) is 0 Å². The Balaban J connectivity index is 1.57. The molecule has 0 radical (unpaired) electrons. The van der Waals surface area contributed by atoms with Gasteiger partial charge < -0.3 is 9.64 Å². The molecule has 0 bridgehead atoms. The highest BCUT2D eigenvalue weighted by Crippen LogP contribution is 2.39. The Hall–Kier alpha value is -1.33. The maximum absolute atomic E-state index is 5.81. The predicted molar refractivity (Wildman–Crippen MR) is 72.7 cm³/mol. The summed E-state index contributed by atoms with van der Waals surface area (Å²) in [7, 11) is 0. The molecule has 4 rings (SSSR count). The van der Waals surface area contributed by atoms with Gasteiger partial charge in [0.25, 0.3) is 0 Å². The lowest BCUT2D eigenvalue weighted by molar-refractivity contribution is -0.124. The van der Waals surface area contributed by atoms with E-state index in [9.17, 15) is 0 Å². The van der Waals surface area contributed by atoms with Gasteiger partial charge in [-0.15, -0.1) is 5.10 Å². The summed E-state index contributed by atoms with van der Waals surface area (Å²) in [4.78, 5) is 6.53. The van der Waals surface area contributed by atoms with Crippen LogP contribution in [0.15, 0.2) is 18.3 Å². The molecule has 5 nitrogen and oxygen atoms in total. The summed E-state index contributed by atoms with van der Waals surface area (Å²) in [6.07, 6.45) is 4.43. The third-order valence-corrected chi connectivity index (χ3v) is 4.46. The van der Waals surface area contributed by atoms with Crippen LogP contribution in [0.2, 0.25) is 5.28 Å². The monoisotopic (exact) mass is 278 g/mol. The number of ether oxygens (including phenoxy) is 1. The van der Waals surface area contributed by atoms with Gasteiger partial charge >= 0.3 is 0 Å². The summed E-state index contributed by atoms with van der Waals surface area (Å²) in [5, 5.41) is 4.44. The van der Waals surface area contributed by atoms with Crippen molar-refractivity contribution < 1.29 is 4.74 Å². The number of nitrogens with zero attached hydrogens (tertiary/aromatic N) is 4. The summed E-state index contributed by atoms with van der Waals surface area (Å²) >= 11 is 5.81. The summed E-state index contributed by atoms with van der Waals surface area (Å²) in [5.41, 5.74) is 2.44. The Labute approximate surface area is 116 Å². The van der Waals surface area contributed by atoms with Crippen LogP contribution in [0.5, 0.6) is 0 Å². The molecular formula is C13H15ClN4O. The molecule has 2 saturated heterocycles. The van der Waals surface area contributed by atoms with Crippen molar-refractivity contribution in [1.82, 2.24) is 14.6 Å². The minimum Gasteiger partial charge on any atom is -0.380 e. The van der Waals surface area contributed by atoms with Crippen LogP contribution in [0.1, 0.15) is 12.8 Å². The number of halogens is 1. The molecular weight excluding hydrogens is 264 g/mol. The first-order valence-corrected chi connectivity index (χ1v) is 6.97. The van der Waals surface area contributed by atoms with E-state index >= 15 is 0 Å². The molecule has 2 aliphatic heterocycles. The summed E-state index contributed by atoms with van der Waals surface area (Å²) in [5.74, 6) is 0. The Morgan fingerprint density at radius 1 is 1.21 bits per heavy atom. The quantitative estimate of drug-likeness (QED) is 0.800. The van der Waals surface area contributed by atoms with E-state index in [4.69, 9.17) is 16.3 Å². The second kappa shape index (κ2) is 4.08. The van der Waals surface area contributed by atoms with Crippen molar-refractivity contribution in [3.8, 4) is 0 Å². The van der Waals surface area contributed by atoms with E-state index in [1.807, 2.05) is 12.3 Å². The van der Waals surface area contributed by atoms with E-state index in [2.05, 4.69) is 21.0 Å². The SMILES string of the molecule is Clc1nc2ccc(N3CCC4(CC3)COC4)cn2n1. The number of pyridine rings is 1. The third-order valence-electron chi connectivity index (χ3n) is 4.30. The Kier molecular flexibility index (Phi) is 2.47. The van der Waals surface area contributed by atoms with Gasteiger partial charge in [-0.05, 0) is 36.6 Å². The Morgan fingerprint density at radius 3 is 2.68 bits per heavy atom. The van der Waals surface area contributed by atoms with E-state index in [-0.39, 0.29) is 0 Å². The molecule has 0 atom stereocenters. The molecule has 1 spiro atoms. The highest BCUT2D eigenvalue weighted by Gasteiger charge is 2.41. The number of aromatic nitrogens is 3. The highest BCUT2D eigenvalue weighted by molar-refractivity contribution is 6.28. The molecule has 2 aromatic rings. The fraction of sp³-hybridized carbons (Fsp3) is 0.538. The maximum atomic E-state index is 5.81. The average Bonchev–Trinajstić information content (AvgIpc) is 2.76. The van der Waals surface area contributed by atoms with Crippen molar-refractivity contribution in [2.75, 3.05) is 31.2 Å². The molecule has 0 N–H and O–H groups in total. The summed E-state index contributed by atoms with van der Waals surface area (Å²) < 4.78 is 7.11. The van der Waals surface area contributed by atoms with Crippen LogP contribution in [0.25, 0.3) is 5.65 Å². The molecule has 0 amide bonds. The second-order valence-corrected chi connectivity index (χ2v) is 5.89. The van der Waals surface area contributed by atoms with Gasteiger partial charge in [-0.3, -0.25) is 0 Å². The van der Waals surface area contributed by atoms with Crippen molar-refractivity contribution in [3.63, 3.8) is 0 Å². The molecule has 2 aliphatic rings. The molecule has 19 heavy (non-hydrogen) atoms. The van der Waals surface area contributed by atoms with Crippen LogP contribution in [0.4, 0.5) is 5.69 Å². The molecule has 0 unspecified atom stereocenters. The van der Waals surface area contributed by atoms with Gasteiger partial charge in [0, 0.05) is 18.5 Å². The van der Waals surface area contributed by atoms with Crippen LogP contribution in [0.3, 0.4) is 0 Å². The zero-order valence-corrected chi connectivity index (χ0v) is 11.3. The van der Waals surface area contributed by atoms with E-state index in [1.54, 1.807) is 4.52 Å². The fourth-order valence-corrected chi connectivity index (χ4v) is 3.12. The molecule has 6 heteroatoms. The highest BCUT2D eigenvalue weighted by atomic mass is 35.5. The first kappa shape index (κ1) is 11.5. The Bertz CT molecular complexity index is 612. The lowest BCUT2D eigenvalue weighted by Gasteiger charge is -2.47. The molecule has 0 saturated carbocycles. The summed E-state index contributed by atoms with van der Waals surface area (Å²) in [6.45, 7) is 4.05. The van der Waals surface area contributed by atoms with Gasteiger partial charge in [0.1, 0.15) is 0 Å². The third kappa shape index (κ3) is 1.88. The standard InChI is InChI=1S/C13H15ClN4O/c14-12-15-11-2-1-10(7-18(11)16-12)17-5-3-13(4-6-17)8-19-9-13/h1-2,7H,3-6,8-9H2. The van der Waals surface area contributed by atoms with Crippen molar-refractivity contribution in [2.45, 2.75) is 12.8 Å². The van der Waals surface area contributed by atoms with Gasteiger partial charge in [-0.2, -0.15) is 4.98 Å². The number of hydrogen-bond acceptors (Lipinski definition) is 4. The van der Waals surface area contributed by atoms with E-state index in [1.165, 1.54) is 18.5 Å². The number of rotatable bonds is 1. The van der Waals surface area contributed by atoms with Crippen molar-refractivity contribution >= 4 is 22.9 Å². The lowest BCUT2D eigenvalue weighted by atomic mass is 9.77. The van der Waals surface area contributed by atoms with Crippen LogP contribution in [-0.4, -0.2) is 40.9 Å². The first-order chi connectivity index (χ1) is 9.24. The average molecular weight is 279 g/mol. The van der Waals surface area contributed by atoms with E-state index in [0.29, 0.717) is 10.7 Å². The first-order valence-electron chi connectivity index (χ1n) is 6.59. The number of piperidine rings is 1. The van der Waals surface area contributed by atoms with Crippen molar-refractivity contribution in [2.24, 2.45) is 5.41 Å². The smallest absolute Gasteiger partial charge is 0.243 e. The normalized spacial score (nSPS) is 21.8. The van der Waals surface area contributed by atoms with Crippen LogP contribution < -0.4 is 4.90 Å². The topological polar surface area (TPSA) is 42.7 Å². The maximum Gasteiger partial charge on any atom is 0.243 e. The largest absolute Gasteiger partial charge is 0.380 e. The second-order valence-electron chi connectivity index (χ2n) is 5.55. The number of fused-ring (bicyclic) bond motifs is 1. The number of hydrogen-bond donors (Lipinski definition) is 0. The van der Waals surface area contributed by atoms with Crippen LogP contribution in [-0.2, 0) is 4.74 Å². The molecule has 2 aromatic heterocycles. The van der Waals surface area contributed by atoms with Gasteiger partial charge in [0.05, 0.1) is 25.1 Å². The predicted octanol–water partition coefficient (Wildman–Crippen LogP) is 2.00.